The van der Waals surface area contributed by atoms with Crippen LogP contribution in [0.5, 0.6) is 0 Å². The van der Waals surface area contributed by atoms with E-state index in [1.165, 1.54) is 6.07 Å². The summed E-state index contributed by atoms with van der Waals surface area (Å²) in [6.45, 7) is 1.84. The summed E-state index contributed by atoms with van der Waals surface area (Å²) >= 11 is 0. The van der Waals surface area contributed by atoms with Gasteiger partial charge in [-0.15, -0.1) is 0 Å². The second kappa shape index (κ2) is 6.58. The minimum absolute atomic E-state index is 0.0688. The Morgan fingerprint density at radius 1 is 1.18 bits per heavy atom. The van der Waals surface area contributed by atoms with Crippen LogP contribution >= 0.6 is 0 Å². The van der Waals surface area contributed by atoms with Crippen molar-refractivity contribution in [2.24, 2.45) is 0 Å². The van der Waals surface area contributed by atoms with Gasteiger partial charge in [-0.05, 0) is 49.7 Å². The van der Waals surface area contributed by atoms with Crippen molar-refractivity contribution in [1.82, 2.24) is 15.2 Å². The first-order valence-corrected chi connectivity index (χ1v) is 7.54. The second-order valence-corrected chi connectivity index (χ2v) is 5.47. The molecule has 5 heteroatoms. The lowest BCUT2D eigenvalue weighted by molar-refractivity contribution is 0.0930. The Morgan fingerprint density at radius 3 is 2.68 bits per heavy atom. The maximum absolute atomic E-state index is 12.2. The highest BCUT2D eigenvalue weighted by atomic mass is 16.1. The van der Waals surface area contributed by atoms with E-state index < -0.39 is 0 Å². The quantitative estimate of drug-likeness (QED) is 0.898. The smallest absolute Gasteiger partial charge is 0.255 e. The van der Waals surface area contributed by atoms with E-state index in [0.29, 0.717) is 5.56 Å². The van der Waals surface area contributed by atoms with E-state index in [0.717, 1.165) is 31.6 Å². The predicted octanol–water partition coefficient (Wildman–Crippen LogP) is 1.32. The van der Waals surface area contributed by atoms with Crippen LogP contribution in [0.25, 0.3) is 5.69 Å². The lowest BCUT2D eigenvalue weighted by Gasteiger charge is -2.23. The standard InChI is InChI=1S/C17H19N3O2/c21-16-5-1-2-11-20(16)15-8-6-13(7-9-15)17(22)19-14-4-3-10-18-12-14/h1-2,5-9,11,14,18H,3-4,10,12H2,(H,19,22). The summed E-state index contributed by atoms with van der Waals surface area (Å²) in [5.74, 6) is -0.0688. The van der Waals surface area contributed by atoms with Gasteiger partial charge in [0.1, 0.15) is 0 Å². The SMILES string of the molecule is O=C(NC1CCCNC1)c1ccc(-n2ccccc2=O)cc1. The molecule has 0 radical (unpaired) electrons. The molecule has 3 rings (SSSR count). The summed E-state index contributed by atoms with van der Waals surface area (Å²) in [5.41, 5.74) is 1.27. The molecule has 2 N–H and O–H groups in total. The highest BCUT2D eigenvalue weighted by Crippen LogP contribution is 2.09. The molecule has 0 spiro atoms. The van der Waals surface area contributed by atoms with Crippen LogP contribution in [0, 0.1) is 0 Å². The van der Waals surface area contributed by atoms with E-state index in [-0.39, 0.29) is 17.5 Å². The van der Waals surface area contributed by atoms with Crippen LogP contribution in [0.2, 0.25) is 0 Å². The lowest BCUT2D eigenvalue weighted by atomic mass is 10.1. The zero-order valence-electron chi connectivity index (χ0n) is 12.3. The van der Waals surface area contributed by atoms with Gasteiger partial charge in [0.25, 0.3) is 11.5 Å². The molecule has 1 fully saturated rings. The van der Waals surface area contributed by atoms with Crippen LogP contribution in [-0.4, -0.2) is 29.6 Å². The van der Waals surface area contributed by atoms with Crippen LogP contribution in [0.3, 0.4) is 0 Å². The van der Waals surface area contributed by atoms with Crippen molar-refractivity contribution in [1.29, 1.82) is 0 Å². The molecule has 1 aromatic heterocycles. The molecule has 1 saturated heterocycles. The summed E-state index contributed by atoms with van der Waals surface area (Å²) in [4.78, 5) is 24.0. The predicted molar refractivity (Wildman–Crippen MR) is 85.4 cm³/mol. The fourth-order valence-corrected chi connectivity index (χ4v) is 2.66. The molecule has 22 heavy (non-hydrogen) atoms. The number of benzene rings is 1. The number of nitrogens with one attached hydrogen (secondary N) is 2. The van der Waals surface area contributed by atoms with Gasteiger partial charge in [-0.1, -0.05) is 6.07 Å². The second-order valence-electron chi connectivity index (χ2n) is 5.47. The van der Waals surface area contributed by atoms with Crippen LogP contribution in [-0.2, 0) is 0 Å². The Labute approximate surface area is 129 Å². The number of hydrogen-bond acceptors (Lipinski definition) is 3. The maximum Gasteiger partial charge on any atom is 0.255 e. The zero-order chi connectivity index (χ0) is 15.4. The highest BCUT2D eigenvalue weighted by Gasteiger charge is 2.16. The largest absolute Gasteiger partial charge is 0.348 e. The number of piperidine rings is 1. The van der Waals surface area contributed by atoms with E-state index in [9.17, 15) is 9.59 Å². The molecule has 1 aliphatic rings. The van der Waals surface area contributed by atoms with Gasteiger partial charge in [0, 0.05) is 36.1 Å². The number of amides is 1. The number of carbonyl (C=O) groups excluding carboxylic acids is 1. The monoisotopic (exact) mass is 297 g/mol. The first kappa shape index (κ1) is 14.5. The summed E-state index contributed by atoms with van der Waals surface area (Å²) in [5, 5.41) is 6.31. The molecule has 2 aromatic rings. The molecule has 114 valence electrons. The van der Waals surface area contributed by atoms with Crippen molar-refractivity contribution < 1.29 is 4.79 Å². The van der Waals surface area contributed by atoms with Gasteiger partial charge in [-0.3, -0.25) is 14.2 Å². The third-order valence-electron chi connectivity index (χ3n) is 3.86. The summed E-state index contributed by atoms with van der Waals surface area (Å²) in [6, 6.07) is 12.3. The fourth-order valence-electron chi connectivity index (χ4n) is 2.66. The van der Waals surface area contributed by atoms with Gasteiger partial charge >= 0.3 is 0 Å². The summed E-state index contributed by atoms with van der Waals surface area (Å²) in [7, 11) is 0. The van der Waals surface area contributed by atoms with E-state index in [4.69, 9.17) is 0 Å². The van der Waals surface area contributed by atoms with E-state index >= 15 is 0 Å². The maximum atomic E-state index is 12.2. The molecule has 0 aliphatic carbocycles. The Morgan fingerprint density at radius 2 is 2.00 bits per heavy atom. The van der Waals surface area contributed by atoms with Gasteiger partial charge in [0.2, 0.25) is 0 Å². The van der Waals surface area contributed by atoms with Gasteiger partial charge < -0.3 is 10.6 Å². The lowest BCUT2D eigenvalue weighted by Crippen LogP contribution is -2.45. The zero-order valence-corrected chi connectivity index (χ0v) is 12.3. The first-order chi connectivity index (χ1) is 10.7. The average Bonchev–Trinajstić information content (AvgIpc) is 2.56. The Bertz CT molecular complexity index is 700. The number of carbonyl (C=O) groups is 1. The molecular weight excluding hydrogens is 278 g/mol. The highest BCUT2D eigenvalue weighted by molar-refractivity contribution is 5.94. The average molecular weight is 297 g/mol. The molecular formula is C17H19N3O2. The third kappa shape index (κ3) is 3.26. The minimum atomic E-state index is -0.0898. The van der Waals surface area contributed by atoms with Crippen molar-refractivity contribution >= 4 is 5.91 Å². The van der Waals surface area contributed by atoms with Crippen molar-refractivity contribution in [3.8, 4) is 5.69 Å². The van der Waals surface area contributed by atoms with Crippen molar-refractivity contribution in [2.75, 3.05) is 13.1 Å². The van der Waals surface area contributed by atoms with Gasteiger partial charge in [0.15, 0.2) is 0 Å². The van der Waals surface area contributed by atoms with Crippen molar-refractivity contribution in [2.45, 2.75) is 18.9 Å². The van der Waals surface area contributed by atoms with Crippen LogP contribution < -0.4 is 16.2 Å². The molecule has 0 bridgehead atoms. The number of rotatable bonds is 3. The summed E-state index contributed by atoms with van der Waals surface area (Å²) < 4.78 is 1.55. The number of nitrogens with zero attached hydrogens (tertiary/aromatic N) is 1. The minimum Gasteiger partial charge on any atom is -0.348 e. The Kier molecular flexibility index (Phi) is 4.34. The fraction of sp³-hybridized carbons (Fsp3) is 0.294. The topological polar surface area (TPSA) is 63.1 Å². The Balaban J connectivity index is 1.72. The van der Waals surface area contributed by atoms with E-state index in [1.54, 1.807) is 47.2 Å². The number of pyridine rings is 1. The van der Waals surface area contributed by atoms with Crippen LogP contribution in [0.15, 0.2) is 53.5 Å². The molecule has 2 heterocycles. The molecule has 1 aromatic carbocycles. The first-order valence-electron chi connectivity index (χ1n) is 7.54. The van der Waals surface area contributed by atoms with Crippen molar-refractivity contribution in [3.05, 3.63) is 64.6 Å². The van der Waals surface area contributed by atoms with Gasteiger partial charge in [-0.25, -0.2) is 0 Å². The van der Waals surface area contributed by atoms with E-state index in [1.807, 2.05) is 0 Å². The molecule has 1 atom stereocenters. The third-order valence-corrected chi connectivity index (χ3v) is 3.86. The van der Waals surface area contributed by atoms with E-state index in [2.05, 4.69) is 10.6 Å². The molecule has 1 aliphatic heterocycles. The number of hydrogen-bond donors (Lipinski definition) is 2. The van der Waals surface area contributed by atoms with Gasteiger partial charge in [-0.2, -0.15) is 0 Å². The van der Waals surface area contributed by atoms with Crippen molar-refractivity contribution in [3.63, 3.8) is 0 Å². The molecule has 0 saturated carbocycles. The normalized spacial score (nSPS) is 17.9. The Hall–Kier alpha value is -2.40. The summed E-state index contributed by atoms with van der Waals surface area (Å²) in [6.07, 6.45) is 3.81. The molecule has 1 amide bonds. The van der Waals surface area contributed by atoms with Crippen LogP contribution in [0.4, 0.5) is 0 Å². The van der Waals surface area contributed by atoms with Crippen LogP contribution in [0.1, 0.15) is 23.2 Å². The number of aromatic nitrogens is 1. The van der Waals surface area contributed by atoms with Gasteiger partial charge in [0.05, 0.1) is 0 Å². The molecule has 1 unspecified atom stereocenters. The molecule has 5 nitrogen and oxygen atoms in total.